The highest BCUT2D eigenvalue weighted by Crippen LogP contribution is 2.38. The van der Waals surface area contributed by atoms with Crippen molar-refractivity contribution in [1.29, 1.82) is 0 Å². The fourth-order valence-electron chi connectivity index (χ4n) is 1.46. The molecule has 0 aromatic heterocycles. The highest BCUT2D eigenvalue weighted by Gasteiger charge is 2.18. The number of methoxy groups -OCH3 is 3. The van der Waals surface area contributed by atoms with Crippen molar-refractivity contribution >= 4 is 0 Å². The van der Waals surface area contributed by atoms with Crippen LogP contribution in [0, 0.1) is 0 Å². The molecule has 0 spiro atoms. The van der Waals surface area contributed by atoms with Crippen LogP contribution < -0.4 is 19.9 Å². The van der Waals surface area contributed by atoms with E-state index in [0.717, 1.165) is 0 Å². The van der Waals surface area contributed by atoms with Crippen molar-refractivity contribution in [2.45, 2.75) is 6.10 Å². The van der Waals surface area contributed by atoms with E-state index in [-0.39, 0.29) is 6.54 Å². The van der Waals surface area contributed by atoms with Crippen LogP contribution in [0.15, 0.2) is 12.1 Å². The van der Waals surface area contributed by atoms with Gasteiger partial charge in [0.2, 0.25) is 0 Å². The molecule has 0 fully saturated rings. The third-order valence-corrected chi connectivity index (χ3v) is 2.30. The molecule has 5 heteroatoms. The van der Waals surface area contributed by atoms with Gasteiger partial charge in [0.25, 0.3) is 0 Å². The lowest BCUT2D eigenvalue weighted by molar-refractivity contribution is 0.180. The Labute approximate surface area is 94.7 Å². The Morgan fingerprint density at radius 1 is 1.19 bits per heavy atom. The second kappa shape index (κ2) is 5.58. The van der Waals surface area contributed by atoms with E-state index in [1.165, 1.54) is 14.2 Å². The van der Waals surface area contributed by atoms with Gasteiger partial charge in [-0.3, -0.25) is 0 Å². The Balaban J connectivity index is 3.30. The zero-order chi connectivity index (χ0) is 12.1. The van der Waals surface area contributed by atoms with Crippen LogP contribution in [0.3, 0.4) is 0 Å². The Kier molecular flexibility index (Phi) is 4.39. The lowest BCUT2D eigenvalue weighted by Gasteiger charge is -2.17. The van der Waals surface area contributed by atoms with Gasteiger partial charge in [0.15, 0.2) is 11.5 Å². The SMILES string of the molecule is COc1cc(OC)c(OC)c(C(O)CN)c1. The van der Waals surface area contributed by atoms with E-state index in [4.69, 9.17) is 19.9 Å². The smallest absolute Gasteiger partial charge is 0.166 e. The fraction of sp³-hybridized carbons (Fsp3) is 0.455. The summed E-state index contributed by atoms with van der Waals surface area (Å²) in [5, 5.41) is 9.77. The number of ether oxygens (including phenoxy) is 3. The Morgan fingerprint density at radius 3 is 2.31 bits per heavy atom. The van der Waals surface area contributed by atoms with Gasteiger partial charge in [0.05, 0.1) is 27.4 Å². The molecule has 0 aliphatic rings. The lowest BCUT2D eigenvalue weighted by Crippen LogP contribution is -2.13. The maximum atomic E-state index is 9.77. The standard InChI is InChI=1S/C11H17NO4/c1-14-7-4-8(9(13)6-12)11(16-3)10(5-7)15-2/h4-5,9,13H,6,12H2,1-3H3. The van der Waals surface area contributed by atoms with Gasteiger partial charge in [-0.15, -0.1) is 0 Å². The molecule has 1 aromatic rings. The topological polar surface area (TPSA) is 73.9 Å². The highest BCUT2D eigenvalue weighted by molar-refractivity contribution is 5.52. The minimum absolute atomic E-state index is 0.104. The van der Waals surface area contributed by atoms with Gasteiger partial charge in [0, 0.05) is 18.2 Å². The molecule has 0 aliphatic heterocycles. The number of aliphatic hydroxyl groups is 1. The van der Waals surface area contributed by atoms with Gasteiger partial charge in [-0.05, 0) is 6.07 Å². The van der Waals surface area contributed by atoms with Crippen molar-refractivity contribution in [1.82, 2.24) is 0 Å². The first-order valence-electron chi connectivity index (χ1n) is 4.86. The molecular weight excluding hydrogens is 210 g/mol. The maximum absolute atomic E-state index is 9.77. The van der Waals surface area contributed by atoms with Crippen molar-refractivity contribution < 1.29 is 19.3 Å². The summed E-state index contributed by atoms with van der Waals surface area (Å²) in [5.41, 5.74) is 5.98. The van der Waals surface area contributed by atoms with Crippen LogP contribution in [0.2, 0.25) is 0 Å². The van der Waals surface area contributed by atoms with Gasteiger partial charge < -0.3 is 25.1 Å². The number of aliphatic hydroxyl groups excluding tert-OH is 1. The second-order valence-corrected chi connectivity index (χ2v) is 3.20. The van der Waals surface area contributed by atoms with Crippen molar-refractivity contribution in [2.75, 3.05) is 27.9 Å². The van der Waals surface area contributed by atoms with Crippen molar-refractivity contribution in [2.24, 2.45) is 5.73 Å². The summed E-state index contributed by atoms with van der Waals surface area (Å²) < 4.78 is 15.5. The lowest BCUT2D eigenvalue weighted by atomic mass is 10.1. The van der Waals surface area contributed by atoms with E-state index in [1.54, 1.807) is 19.2 Å². The van der Waals surface area contributed by atoms with Crippen molar-refractivity contribution in [3.05, 3.63) is 17.7 Å². The van der Waals surface area contributed by atoms with E-state index < -0.39 is 6.10 Å². The van der Waals surface area contributed by atoms with E-state index >= 15 is 0 Å². The molecule has 0 saturated carbocycles. The zero-order valence-corrected chi connectivity index (χ0v) is 9.69. The normalized spacial score (nSPS) is 12.1. The Morgan fingerprint density at radius 2 is 1.88 bits per heavy atom. The summed E-state index contributed by atoms with van der Waals surface area (Å²) in [7, 11) is 4.58. The maximum Gasteiger partial charge on any atom is 0.166 e. The molecule has 1 aromatic carbocycles. The third kappa shape index (κ3) is 2.37. The molecule has 16 heavy (non-hydrogen) atoms. The second-order valence-electron chi connectivity index (χ2n) is 3.20. The number of benzene rings is 1. The molecule has 0 bridgehead atoms. The van der Waals surface area contributed by atoms with Gasteiger partial charge in [0.1, 0.15) is 5.75 Å². The van der Waals surface area contributed by atoms with Crippen LogP contribution in [0.1, 0.15) is 11.7 Å². The Bertz CT molecular complexity index is 354. The molecule has 1 unspecified atom stereocenters. The minimum atomic E-state index is -0.807. The monoisotopic (exact) mass is 227 g/mol. The fourth-order valence-corrected chi connectivity index (χ4v) is 1.46. The van der Waals surface area contributed by atoms with Crippen LogP contribution in [0.4, 0.5) is 0 Å². The van der Waals surface area contributed by atoms with Crippen LogP contribution >= 0.6 is 0 Å². The van der Waals surface area contributed by atoms with E-state index in [1.807, 2.05) is 0 Å². The van der Waals surface area contributed by atoms with Crippen LogP contribution in [-0.2, 0) is 0 Å². The minimum Gasteiger partial charge on any atom is -0.497 e. The Hall–Kier alpha value is -1.46. The quantitative estimate of drug-likeness (QED) is 0.774. The van der Waals surface area contributed by atoms with Crippen LogP contribution in [0.25, 0.3) is 0 Å². The molecule has 3 N–H and O–H groups in total. The molecule has 5 nitrogen and oxygen atoms in total. The van der Waals surface area contributed by atoms with E-state index in [9.17, 15) is 5.11 Å². The molecule has 0 aliphatic carbocycles. The highest BCUT2D eigenvalue weighted by atomic mass is 16.5. The summed E-state index contributed by atoms with van der Waals surface area (Å²) in [6.07, 6.45) is -0.807. The molecule has 0 amide bonds. The first kappa shape index (κ1) is 12.6. The van der Waals surface area contributed by atoms with Crippen LogP contribution in [0.5, 0.6) is 17.2 Å². The van der Waals surface area contributed by atoms with E-state index in [2.05, 4.69) is 0 Å². The summed E-state index contributed by atoms with van der Waals surface area (Å²) in [6, 6.07) is 3.37. The number of hydrogen-bond donors (Lipinski definition) is 2. The summed E-state index contributed by atoms with van der Waals surface area (Å²) in [6.45, 7) is 0.104. The summed E-state index contributed by atoms with van der Waals surface area (Å²) in [4.78, 5) is 0. The van der Waals surface area contributed by atoms with Gasteiger partial charge in [-0.2, -0.15) is 0 Å². The summed E-state index contributed by atoms with van der Waals surface area (Å²) in [5.74, 6) is 1.56. The first-order valence-corrected chi connectivity index (χ1v) is 4.86. The molecule has 0 radical (unpaired) electrons. The average molecular weight is 227 g/mol. The predicted octanol–water partition coefficient (Wildman–Crippen LogP) is 0.704. The van der Waals surface area contributed by atoms with Crippen molar-refractivity contribution in [3.8, 4) is 17.2 Å². The average Bonchev–Trinajstić information content (AvgIpc) is 2.35. The molecule has 1 rings (SSSR count). The van der Waals surface area contributed by atoms with Gasteiger partial charge in [-0.25, -0.2) is 0 Å². The molecule has 0 saturated heterocycles. The third-order valence-electron chi connectivity index (χ3n) is 2.30. The zero-order valence-electron chi connectivity index (χ0n) is 9.69. The number of hydrogen-bond acceptors (Lipinski definition) is 5. The molecular formula is C11H17NO4. The first-order chi connectivity index (χ1) is 7.67. The van der Waals surface area contributed by atoms with Gasteiger partial charge in [-0.1, -0.05) is 0 Å². The number of nitrogens with two attached hydrogens (primary N) is 1. The predicted molar refractivity (Wildman–Crippen MR) is 60.1 cm³/mol. The largest absolute Gasteiger partial charge is 0.497 e. The van der Waals surface area contributed by atoms with Crippen LogP contribution in [-0.4, -0.2) is 33.0 Å². The molecule has 0 heterocycles. The van der Waals surface area contributed by atoms with Crippen molar-refractivity contribution in [3.63, 3.8) is 0 Å². The summed E-state index contributed by atoms with van der Waals surface area (Å²) >= 11 is 0. The van der Waals surface area contributed by atoms with E-state index in [0.29, 0.717) is 22.8 Å². The molecule has 90 valence electrons. The molecule has 1 atom stereocenters. The number of rotatable bonds is 5. The van der Waals surface area contributed by atoms with Gasteiger partial charge >= 0.3 is 0 Å².